The molecule has 0 spiro atoms. The second kappa shape index (κ2) is 2.31. The summed E-state index contributed by atoms with van der Waals surface area (Å²) in [5.74, 6) is 0. The van der Waals surface area contributed by atoms with Crippen molar-refractivity contribution in [2.24, 2.45) is 6.98 Å². The van der Waals surface area contributed by atoms with Crippen molar-refractivity contribution in [1.82, 2.24) is 19.5 Å². The van der Waals surface area contributed by atoms with Crippen LogP contribution in [-0.2, 0) is 6.98 Å². The monoisotopic (exact) mass is 187 g/mol. The SMILES string of the molecule is [2H]C([2H])([2H])n1c(=O)[nH]c2nc(Cl)ncc21. The Balaban J connectivity index is 2.86. The van der Waals surface area contributed by atoms with Gasteiger partial charge in [0.1, 0.15) is 5.52 Å². The Labute approximate surface area is 76.2 Å². The van der Waals surface area contributed by atoms with E-state index < -0.39 is 12.7 Å². The number of aromatic nitrogens is 4. The van der Waals surface area contributed by atoms with Gasteiger partial charge < -0.3 is 0 Å². The fourth-order valence-electron chi connectivity index (χ4n) is 0.876. The highest BCUT2D eigenvalue weighted by Crippen LogP contribution is 2.06. The van der Waals surface area contributed by atoms with Gasteiger partial charge in [-0.05, 0) is 11.6 Å². The molecule has 6 heteroatoms. The van der Waals surface area contributed by atoms with Crippen molar-refractivity contribution in [2.75, 3.05) is 0 Å². The lowest BCUT2D eigenvalue weighted by atomic mass is 10.5. The first kappa shape index (κ1) is 4.61. The van der Waals surface area contributed by atoms with Crippen molar-refractivity contribution in [3.05, 3.63) is 22.0 Å². The molecule has 0 atom stereocenters. The summed E-state index contributed by atoms with van der Waals surface area (Å²) in [5.41, 5.74) is -0.554. The standard InChI is InChI=1S/C6H5ClN4O/c1-11-3-2-8-5(7)9-4(3)10-6(11)12/h2H,1H3,(H,8,9,10,12)/i1D3. The Kier molecular flexibility index (Phi) is 0.889. The smallest absolute Gasteiger partial charge is 0.292 e. The molecule has 2 heterocycles. The van der Waals surface area contributed by atoms with Crippen molar-refractivity contribution >= 4 is 22.8 Å². The number of hydrogen-bond acceptors (Lipinski definition) is 3. The number of aromatic amines is 1. The number of hydrogen-bond donors (Lipinski definition) is 1. The summed E-state index contributed by atoms with van der Waals surface area (Å²) in [7, 11) is 0. The van der Waals surface area contributed by atoms with E-state index in [-0.39, 0.29) is 16.4 Å². The number of nitrogens with zero attached hydrogens (tertiary/aromatic N) is 3. The second-order valence-electron chi connectivity index (χ2n) is 2.14. The number of aryl methyl sites for hydroxylation is 1. The largest absolute Gasteiger partial charge is 0.327 e. The lowest BCUT2D eigenvalue weighted by Crippen LogP contribution is -2.11. The molecule has 0 radical (unpaired) electrons. The third kappa shape index (κ3) is 0.902. The van der Waals surface area contributed by atoms with E-state index >= 15 is 0 Å². The van der Waals surface area contributed by atoms with Gasteiger partial charge in [-0.1, -0.05) is 0 Å². The van der Waals surface area contributed by atoms with E-state index in [0.29, 0.717) is 4.57 Å². The van der Waals surface area contributed by atoms with E-state index in [2.05, 4.69) is 15.0 Å². The van der Waals surface area contributed by atoms with Crippen molar-refractivity contribution in [3.63, 3.8) is 0 Å². The van der Waals surface area contributed by atoms with E-state index in [9.17, 15) is 4.79 Å². The van der Waals surface area contributed by atoms with Crippen molar-refractivity contribution in [2.45, 2.75) is 0 Å². The van der Waals surface area contributed by atoms with Gasteiger partial charge in [0.15, 0.2) is 5.65 Å². The highest BCUT2D eigenvalue weighted by molar-refractivity contribution is 6.28. The van der Waals surface area contributed by atoms with Crippen LogP contribution in [0.2, 0.25) is 5.28 Å². The summed E-state index contributed by atoms with van der Waals surface area (Å²) in [6.07, 6.45) is 1.19. The van der Waals surface area contributed by atoms with E-state index in [1.807, 2.05) is 0 Å². The van der Waals surface area contributed by atoms with Gasteiger partial charge in [-0.3, -0.25) is 9.55 Å². The number of fused-ring (bicyclic) bond motifs is 1. The predicted molar refractivity (Wildman–Crippen MR) is 44.1 cm³/mol. The molecule has 0 saturated heterocycles. The Bertz CT molecular complexity index is 572. The van der Waals surface area contributed by atoms with E-state index in [1.165, 1.54) is 6.20 Å². The Morgan fingerprint density at radius 2 is 2.67 bits per heavy atom. The van der Waals surface area contributed by atoms with Crippen LogP contribution in [0.15, 0.2) is 11.0 Å². The molecule has 2 rings (SSSR count). The summed E-state index contributed by atoms with van der Waals surface area (Å²) in [4.78, 5) is 20.9. The molecule has 0 unspecified atom stereocenters. The first-order valence-corrected chi connectivity index (χ1v) is 3.41. The van der Waals surface area contributed by atoms with Gasteiger partial charge in [-0.15, -0.1) is 0 Å². The molecule has 0 fully saturated rings. The molecule has 62 valence electrons. The highest BCUT2D eigenvalue weighted by atomic mass is 35.5. The van der Waals surface area contributed by atoms with Gasteiger partial charge in [0.2, 0.25) is 5.28 Å². The molecule has 0 aliphatic heterocycles. The molecule has 5 nitrogen and oxygen atoms in total. The van der Waals surface area contributed by atoms with Gasteiger partial charge >= 0.3 is 5.69 Å². The van der Waals surface area contributed by atoms with Crippen LogP contribution in [0.5, 0.6) is 0 Å². The minimum atomic E-state index is -2.56. The van der Waals surface area contributed by atoms with Crippen LogP contribution in [0.25, 0.3) is 11.2 Å². The topological polar surface area (TPSA) is 63.6 Å². The summed E-state index contributed by atoms with van der Waals surface area (Å²) >= 11 is 5.50. The molecular weight excluding hydrogens is 180 g/mol. The van der Waals surface area contributed by atoms with E-state index in [0.717, 1.165) is 0 Å². The minimum Gasteiger partial charge on any atom is -0.292 e. The van der Waals surface area contributed by atoms with E-state index in [1.54, 1.807) is 0 Å². The van der Waals surface area contributed by atoms with Gasteiger partial charge in [0, 0.05) is 11.1 Å². The number of nitrogens with one attached hydrogen (secondary N) is 1. The van der Waals surface area contributed by atoms with E-state index in [4.69, 9.17) is 15.7 Å². The fraction of sp³-hybridized carbons (Fsp3) is 0.167. The van der Waals surface area contributed by atoms with Crippen LogP contribution in [-0.4, -0.2) is 19.5 Å². The molecule has 0 aliphatic rings. The summed E-state index contributed by atoms with van der Waals surface area (Å²) in [6.45, 7) is -2.56. The quantitative estimate of drug-likeness (QED) is 0.604. The normalized spacial score (nSPS) is 15.6. The molecule has 0 amide bonds. The lowest BCUT2D eigenvalue weighted by Gasteiger charge is -1.90. The number of halogens is 1. The van der Waals surface area contributed by atoms with Crippen molar-refractivity contribution in [1.29, 1.82) is 0 Å². The Morgan fingerprint density at radius 3 is 3.42 bits per heavy atom. The average molecular weight is 188 g/mol. The van der Waals surface area contributed by atoms with Gasteiger partial charge in [-0.25, -0.2) is 9.78 Å². The maximum Gasteiger partial charge on any atom is 0.327 e. The van der Waals surface area contributed by atoms with Gasteiger partial charge in [0.05, 0.1) is 6.20 Å². The number of imidazole rings is 1. The zero-order chi connectivity index (χ0) is 11.2. The Hall–Kier alpha value is -1.36. The molecule has 0 aromatic carbocycles. The third-order valence-electron chi connectivity index (χ3n) is 1.41. The fourth-order valence-corrected chi connectivity index (χ4v) is 1.01. The summed E-state index contributed by atoms with van der Waals surface area (Å²) in [6, 6.07) is 0. The van der Waals surface area contributed by atoms with Crippen molar-refractivity contribution < 1.29 is 4.11 Å². The number of H-pyrrole nitrogens is 1. The lowest BCUT2D eigenvalue weighted by molar-refractivity contribution is 0.890. The van der Waals surface area contributed by atoms with Crippen molar-refractivity contribution in [3.8, 4) is 0 Å². The molecule has 2 aromatic heterocycles. The highest BCUT2D eigenvalue weighted by Gasteiger charge is 2.04. The first-order chi connectivity index (χ1) is 6.89. The predicted octanol–water partition coefficient (Wildman–Crippen LogP) is 0.310. The van der Waals surface area contributed by atoms with Crippen LogP contribution in [0.3, 0.4) is 0 Å². The second-order valence-corrected chi connectivity index (χ2v) is 2.48. The molecule has 12 heavy (non-hydrogen) atoms. The Morgan fingerprint density at radius 1 is 1.83 bits per heavy atom. The third-order valence-corrected chi connectivity index (χ3v) is 1.59. The molecule has 1 N–H and O–H groups in total. The zero-order valence-electron chi connectivity index (χ0n) is 8.71. The summed E-state index contributed by atoms with van der Waals surface area (Å²) in [5, 5.41) is -0.0542. The molecule has 0 aliphatic carbocycles. The van der Waals surface area contributed by atoms with Crippen LogP contribution in [0, 0.1) is 0 Å². The zero-order valence-corrected chi connectivity index (χ0v) is 6.46. The molecule has 0 saturated carbocycles. The minimum absolute atomic E-state index is 0.0542. The van der Waals surface area contributed by atoms with Crippen LogP contribution < -0.4 is 5.69 Å². The van der Waals surface area contributed by atoms with Gasteiger partial charge in [-0.2, -0.15) is 4.98 Å². The maximum absolute atomic E-state index is 11.3. The van der Waals surface area contributed by atoms with Crippen LogP contribution in [0.4, 0.5) is 0 Å². The van der Waals surface area contributed by atoms with Crippen LogP contribution >= 0.6 is 11.6 Å². The molecular formula is C6H5ClN4O. The van der Waals surface area contributed by atoms with Gasteiger partial charge in [0.25, 0.3) is 0 Å². The average Bonchev–Trinajstić information content (AvgIpc) is 2.38. The van der Waals surface area contributed by atoms with Crippen LogP contribution in [0.1, 0.15) is 4.11 Å². The molecule has 0 bridgehead atoms. The summed E-state index contributed by atoms with van der Waals surface area (Å²) < 4.78 is 22.1. The maximum atomic E-state index is 11.3. The molecule has 2 aromatic rings. The first-order valence-electron chi connectivity index (χ1n) is 4.53. The number of rotatable bonds is 0.